The Kier molecular flexibility index (Phi) is 4.69. The van der Waals surface area contributed by atoms with Gasteiger partial charge < -0.3 is 19.1 Å². The van der Waals surface area contributed by atoms with E-state index in [-0.39, 0.29) is 0 Å². The van der Waals surface area contributed by atoms with Gasteiger partial charge in [0.25, 0.3) is 0 Å². The molecule has 1 atom stereocenters. The summed E-state index contributed by atoms with van der Waals surface area (Å²) in [5.74, 6) is 1.62. The first kappa shape index (κ1) is 17.4. The lowest BCUT2D eigenvalue weighted by Gasteiger charge is -2.21. The number of imidazole rings is 1. The Morgan fingerprint density at radius 1 is 1.22 bits per heavy atom. The van der Waals surface area contributed by atoms with Crippen molar-refractivity contribution in [3.8, 4) is 22.8 Å². The van der Waals surface area contributed by atoms with Crippen LogP contribution in [0.3, 0.4) is 0 Å². The molecule has 3 aromatic rings. The Bertz CT molecular complexity index is 974. The van der Waals surface area contributed by atoms with Gasteiger partial charge in [-0.05, 0) is 31.2 Å². The van der Waals surface area contributed by atoms with Crippen molar-refractivity contribution in [3.05, 3.63) is 66.1 Å². The molecule has 5 nitrogen and oxygen atoms in total. The predicted molar refractivity (Wildman–Crippen MR) is 106 cm³/mol. The minimum atomic E-state index is -0.473. The molecule has 1 aliphatic heterocycles. The van der Waals surface area contributed by atoms with Crippen molar-refractivity contribution in [2.75, 3.05) is 13.7 Å². The third-order valence-electron chi connectivity index (χ3n) is 4.58. The van der Waals surface area contributed by atoms with Crippen LogP contribution in [0.15, 0.2) is 54.9 Å². The average Bonchev–Trinajstić information content (AvgIpc) is 3.10. The van der Waals surface area contributed by atoms with Gasteiger partial charge >= 0.3 is 0 Å². The van der Waals surface area contributed by atoms with Crippen LogP contribution in [-0.2, 0) is 6.54 Å². The first-order valence-corrected chi connectivity index (χ1v) is 8.96. The third kappa shape index (κ3) is 3.46. The molecule has 0 bridgehead atoms. The molecule has 1 aliphatic rings. The molecule has 0 saturated heterocycles. The number of nitrogens with zero attached hydrogens (tertiary/aromatic N) is 2. The average molecular weight is 362 g/mol. The molecule has 5 heteroatoms. The van der Waals surface area contributed by atoms with E-state index < -0.39 is 6.10 Å². The fourth-order valence-corrected chi connectivity index (χ4v) is 3.37. The van der Waals surface area contributed by atoms with Crippen molar-refractivity contribution in [1.82, 2.24) is 9.55 Å². The Balaban J connectivity index is 1.84. The second-order valence-corrected chi connectivity index (χ2v) is 6.67. The monoisotopic (exact) mass is 362 g/mol. The summed E-state index contributed by atoms with van der Waals surface area (Å²) in [6.45, 7) is 2.69. The summed E-state index contributed by atoms with van der Waals surface area (Å²) in [5, 5.41) is 9.92. The van der Waals surface area contributed by atoms with Crippen molar-refractivity contribution in [1.29, 1.82) is 0 Å². The van der Waals surface area contributed by atoms with Gasteiger partial charge in [0.2, 0.25) is 0 Å². The van der Waals surface area contributed by atoms with Crippen LogP contribution < -0.4 is 9.47 Å². The van der Waals surface area contributed by atoms with Crippen LogP contribution in [0.4, 0.5) is 0 Å². The maximum atomic E-state index is 9.92. The smallest absolute Gasteiger partial charge is 0.127 e. The molecule has 1 N–H and O–H groups in total. The third-order valence-corrected chi connectivity index (χ3v) is 4.58. The lowest BCUT2D eigenvalue weighted by atomic mass is 10.0. The number of rotatable bonds is 5. The predicted octanol–water partition coefficient (Wildman–Crippen LogP) is 3.87. The minimum Gasteiger partial charge on any atom is -0.497 e. The van der Waals surface area contributed by atoms with Crippen molar-refractivity contribution in [3.63, 3.8) is 0 Å². The van der Waals surface area contributed by atoms with Crippen LogP contribution in [0.25, 0.3) is 22.9 Å². The number of aliphatic hydroxyl groups is 1. The van der Waals surface area contributed by atoms with Crippen LogP contribution in [0.5, 0.6) is 11.5 Å². The van der Waals surface area contributed by atoms with Gasteiger partial charge in [-0.1, -0.05) is 30.3 Å². The second kappa shape index (κ2) is 7.29. The molecule has 1 aromatic heterocycles. The van der Waals surface area contributed by atoms with Crippen molar-refractivity contribution in [2.45, 2.75) is 19.6 Å². The summed E-state index contributed by atoms with van der Waals surface area (Å²) >= 11 is 0. The van der Waals surface area contributed by atoms with Crippen LogP contribution in [0.2, 0.25) is 0 Å². The zero-order valence-electron chi connectivity index (χ0n) is 15.4. The number of aliphatic hydroxyl groups excluding tert-OH is 1. The van der Waals surface area contributed by atoms with Crippen molar-refractivity contribution < 1.29 is 14.6 Å². The SMILES string of the molecule is COc1ccc2c(c1)C=C(c1c(-c3ccccc3)ncn1C[C@H](C)O)CO2. The number of benzene rings is 2. The topological polar surface area (TPSA) is 56.5 Å². The van der Waals surface area contributed by atoms with Crippen LogP contribution in [0.1, 0.15) is 18.2 Å². The molecule has 0 saturated carbocycles. The van der Waals surface area contributed by atoms with E-state index >= 15 is 0 Å². The highest BCUT2D eigenvalue weighted by molar-refractivity contribution is 5.89. The fourth-order valence-electron chi connectivity index (χ4n) is 3.37. The van der Waals surface area contributed by atoms with Crippen molar-refractivity contribution >= 4 is 11.6 Å². The highest BCUT2D eigenvalue weighted by atomic mass is 16.5. The summed E-state index contributed by atoms with van der Waals surface area (Å²) < 4.78 is 13.3. The molecule has 0 aliphatic carbocycles. The number of hydrogen-bond acceptors (Lipinski definition) is 4. The summed E-state index contributed by atoms with van der Waals surface area (Å²) in [7, 11) is 1.65. The van der Waals surface area contributed by atoms with Crippen LogP contribution >= 0.6 is 0 Å². The van der Waals surface area contributed by atoms with Gasteiger partial charge in [0, 0.05) is 23.2 Å². The van der Waals surface area contributed by atoms with Gasteiger partial charge in [-0.25, -0.2) is 4.98 Å². The minimum absolute atomic E-state index is 0.449. The largest absolute Gasteiger partial charge is 0.497 e. The molecule has 2 aromatic carbocycles. The molecule has 27 heavy (non-hydrogen) atoms. The molecule has 0 amide bonds. The number of aromatic nitrogens is 2. The molecule has 4 rings (SSSR count). The Morgan fingerprint density at radius 3 is 2.78 bits per heavy atom. The van der Waals surface area contributed by atoms with E-state index in [1.54, 1.807) is 20.4 Å². The maximum absolute atomic E-state index is 9.92. The Labute approximate surface area is 158 Å². The number of methoxy groups -OCH3 is 1. The normalized spacial score (nSPS) is 14.1. The first-order chi connectivity index (χ1) is 13.2. The molecule has 0 radical (unpaired) electrons. The van der Waals surface area contributed by atoms with E-state index in [1.807, 2.05) is 53.1 Å². The Morgan fingerprint density at radius 2 is 2.04 bits per heavy atom. The zero-order valence-corrected chi connectivity index (χ0v) is 15.4. The van der Waals surface area contributed by atoms with Crippen LogP contribution in [0, 0.1) is 0 Å². The molecular weight excluding hydrogens is 340 g/mol. The van der Waals surface area contributed by atoms with Gasteiger partial charge in [-0.3, -0.25) is 0 Å². The summed E-state index contributed by atoms with van der Waals surface area (Å²) in [6, 6.07) is 15.8. The van der Waals surface area contributed by atoms with Crippen LogP contribution in [-0.4, -0.2) is 34.5 Å². The molecule has 2 heterocycles. The van der Waals surface area contributed by atoms with E-state index in [9.17, 15) is 5.11 Å². The fraction of sp³-hybridized carbons (Fsp3) is 0.227. The lowest BCUT2D eigenvalue weighted by Crippen LogP contribution is -2.16. The summed E-state index contributed by atoms with van der Waals surface area (Å²) in [5.41, 5.74) is 4.88. The van der Waals surface area contributed by atoms with Gasteiger partial charge in [0.05, 0.1) is 30.9 Å². The highest BCUT2D eigenvalue weighted by Gasteiger charge is 2.22. The van der Waals surface area contributed by atoms with E-state index in [1.165, 1.54) is 0 Å². The van der Waals surface area contributed by atoms with Gasteiger partial charge in [0.1, 0.15) is 18.1 Å². The van der Waals surface area contributed by atoms with E-state index in [2.05, 4.69) is 11.1 Å². The van der Waals surface area contributed by atoms with E-state index in [4.69, 9.17) is 9.47 Å². The Hall–Kier alpha value is -3.05. The maximum Gasteiger partial charge on any atom is 0.127 e. The van der Waals surface area contributed by atoms with E-state index in [0.29, 0.717) is 13.2 Å². The van der Waals surface area contributed by atoms with E-state index in [0.717, 1.165) is 39.6 Å². The van der Waals surface area contributed by atoms with Crippen molar-refractivity contribution in [2.24, 2.45) is 0 Å². The first-order valence-electron chi connectivity index (χ1n) is 8.96. The van der Waals surface area contributed by atoms with Gasteiger partial charge in [0.15, 0.2) is 0 Å². The highest BCUT2D eigenvalue weighted by Crippen LogP contribution is 2.36. The molecular formula is C22H22N2O3. The van der Waals surface area contributed by atoms with Gasteiger partial charge in [-0.2, -0.15) is 0 Å². The molecule has 0 fully saturated rings. The molecule has 0 unspecified atom stereocenters. The number of ether oxygens (including phenoxy) is 2. The molecule has 0 spiro atoms. The standard InChI is InChI=1S/C22H22N2O3/c1-15(25)12-24-14-23-21(16-6-4-3-5-7-16)22(24)18-10-17-11-19(26-2)8-9-20(17)27-13-18/h3-11,14-15,25H,12-13H2,1-2H3/t15-/m0/s1. The molecule has 138 valence electrons. The van der Waals surface area contributed by atoms with Gasteiger partial charge in [-0.15, -0.1) is 0 Å². The zero-order chi connectivity index (χ0) is 18.8. The quantitative estimate of drug-likeness (QED) is 0.748. The summed E-state index contributed by atoms with van der Waals surface area (Å²) in [4.78, 5) is 4.64. The summed E-state index contributed by atoms with van der Waals surface area (Å²) in [6.07, 6.45) is 3.43. The second-order valence-electron chi connectivity index (χ2n) is 6.67. The lowest BCUT2D eigenvalue weighted by molar-refractivity contribution is 0.173. The number of fused-ring (bicyclic) bond motifs is 1. The number of hydrogen-bond donors (Lipinski definition) is 1.